The van der Waals surface area contributed by atoms with E-state index < -0.39 is 11.9 Å². The predicted molar refractivity (Wildman–Crippen MR) is 50.3 cm³/mol. The maximum absolute atomic E-state index is 12.7. The molecule has 1 heterocycles. The van der Waals surface area contributed by atoms with Crippen LogP contribution < -0.4 is 5.73 Å². The van der Waals surface area contributed by atoms with Crippen LogP contribution in [0.15, 0.2) is 0 Å². The first-order valence-corrected chi connectivity index (χ1v) is 5.22. The lowest BCUT2D eigenvalue weighted by molar-refractivity contribution is -0.144. The van der Waals surface area contributed by atoms with Crippen molar-refractivity contribution in [3.8, 4) is 0 Å². The van der Waals surface area contributed by atoms with Gasteiger partial charge in [-0.3, -0.25) is 0 Å². The van der Waals surface area contributed by atoms with Crippen LogP contribution in [0.4, 0.5) is 13.2 Å². The molecule has 0 unspecified atom stereocenters. The van der Waals surface area contributed by atoms with E-state index in [2.05, 4.69) is 10.3 Å². The standard InChI is InChI=1S/C9H13F3N4/c10-9(11,12)8-7(5-13)14-15-16(8)4-3-6-1-2-6/h6H,1-5,13H2. The summed E-state index contributed by atoms with van der Waals surface area (Å²) in [6, 6.07) is 0. The summed E-state index contributed by atoms with van der Waals surface area (Å²) < 4.78 is 39.1. The Morgan fingerprint density at radius 1 is 1.38 bits per heavy atom. The van der Waals surface area contributed by atoms with Crippen LogP contribution >= 0.6 is 0 Å². The number of nitrogens with zero attached hydrogens (tertiary/aromatic N) is 3. The highest BCUT2D eigenvalue weighted by Crippen LogP contribution is 2.35. The van der Waals surface area contributed by atoms with Crippen molar-refractivity contribution in [3.63, 3.8) is 0 Å². The maximum Gasteiger partial charge on any atom is 0.434 e. The second-order valence-electron chi connectivity index (χ2n) is 4.04. The Balaban J connectivity index is 2.18. The number of hydrogen-bond donors (Lipinski definition) is 1. The molecule has 1 saturated carbocycles. The molecule has 1 aliphatic carbocycles. The number of aromatic nitrogens is 3. The SMILES string of the molecule is NCc1nnn(CCC2CC2)c1C(F)(F)F. The van der Waals surface area contributed by atoms with Gasteiger partial charge in [-0.2, -0.15) is 13.2 Å². The summed E-state index contributed by atoms with van der Waals surface area (Å²) in [5, 5.41) is 6.99. The van der Waals surface area contributed by atoms with Crippen LogP contribution in [-0.2, 0) is 19.3 Å². The number of aryl methyl sites for hydroxylation is 1. The number of nitrogens with two attached hydrogens (primary N) is 1. The van der Waals surface area contributed by atoms with Crippen LogP contribution in [0.2, 0.25) is 0 Å². The molecule has 1 aromatic rings. The first-order valence-electron chi connectivity index (χ1n) is 5.22. The van der Waals surface area contributed by atoms with E-state index in [0.29, 0.717) is 5.92 Å². The lowest BCUT2D eigenvalue weighted by Gasteiger charge is -2.10. The smallest absolute Gasteiger partial charge is 0.325 e. The minimum Gasteiger partial charge on any atom is -0.325 e. The van der Waals surface area contributed by atoms with Crippen LogP contribution in [-0.4, -0.2) is 15.0 Å². The van der Waals surface area contributed by atoms with E-state index in [0.717, 1.165) is 23.9 Å². The molecule has 16 heavy (non-hydrogen) atoms. The average molecular weight is 234 g/mol. The van der Waals surface area contributed by atoms with Crippen LogP contribution in [0.5, 0.6) is 0 Å². The molecule has 0 radical (unpaired) electrons. The molecule has 0 bridgehead atoms. The van der Waals surface area contributed by atoms with Crippen LogP contribution in [0.1, 0.15) is 30.7 Å². The van der Waals surface area contributed by atoms with E-state index in [1.54, 1.807) is 0 Å². The van der Waals surface area contributed by atoms with Crippen molar-refractivity contribution in [2.24, 2.45) is 11.7 Å². The molecule has 0 saturated heterocycles. The molecular weight excluding hydrogens is 221 g/mol. The fourth-order valence-corrected chi connectivity index (χ4v) is 1.66. The summed E-state index contributed by atoms with van der Waals surface area (Å²) in [4.78, 5) is 0. The van der Waals surface area contributed by atoms with Gasteiger partial charge in [-0.1, -0.05) is 18.1 Å². The van der Waals surface area contributed by atoms with Gasteiger partial charge < -0.3 is 5.73 Å². The van der Waals surface area contributed by atoms with Crippen molar-refractivity contribution in [3.05, 3.63) is 11.4 Å². The molecule has 7 heteroatoms. The molecule has 90 valence electrons. The summed E-state index contributed by atoms with van der Waals surface area (Å²) in [5.74, 6) is 0.562. The molecule has 4 nitrogen and oxygen atoms in total. The second kappa shape index (κ2) is 4.04. The maximum atomic E-state index is 12.7. The van der Waals surface area contributed by atoms with Crippen molar-refractivity contribution in [1.29, 1.82) is 0 Å². The molecule has 2 N–H and O–H groups in total. The topological polar surface area (TPSA) is 56.7 Å². The summed E-state index contributed by atoms with van der Waals surface area (Å²) in [7, 11) is 0. The molecule has 1 aromatic heterocycles. The quantitative estimate of drug-likeness (QED) is 0.860. The molecule has 1 fully saturated rings. The normalized spacial score (nSPS) is 16.8. The zero-order valence-corrected chi connectivity index (χ0v) is 8.67. The van der Waals surface area contributed by atoms with Gasteiger partial charge in [0.25, 0.3) is 0 Å². The lowest BCUT2D eigenvalue weighted by Crippen LogP contribution is -2.18. The largest absolute Gasteiger partial charge is 0.434 e. The fraction of sp³-hybridized carbons (Fsp3) is 0.778. The molecule has 0 amide bonds. The minimum atomic E-state index is -4.43. The van der Waals surface area contributed by atoms with Crippen molar-refractivity contribution >= 4 is 0 Å². The van der Waals surface area contributed by atoms with E-state index in [9.17, 15) is 13.2 Å². The van der Waals surface area contributed by atoms with Gasteiger partial charge in [-0.25, -0.2) is 4.68 Å². The lowest BCUT2D eigenvalue weighted by atomic mass is 10.2. The average Bonchev–Trinajstić information content (AvgIpc) is 2.92. The third-order valence-electron chi connectivity index (χ3n) is 2.71. The summed E-state index contributed by atoms with van der Waals surface area (Å²) >= 11 is 0. The Morgan fingerprint density at radius 3 is 2.56 bits per heavy atom. The molecule has 2 rings (SSSR count). The van der Waals surface area contributed by atoms with E-state index in [-0.39, 0.29) is 18.8 Å². The minimum absolute atomic E-state index is 0.178. The highest BCUT2D eigenvalue weighted by atomic mass is 19.4. The van der Waals surface area contributed by atoms with Crippen molar-refractivity contribution in [1.82, 2.24) is 15.0 Å². The highest BCUT2D eigenvalue weighted by Gasteiger charge is 2.39. The van der Waals surface area contributed by atoms with Crippen LogP contribution in [0, 0.1) is 5.92 Å². The third kappa shape index (κ3) is 2.34. The summed E-state index contributed by atoms with van der Waals surface area (Å²) in [5.41, 5.74) is 4.24. The Bertz CT molecular complexity index is 367. The second-order valence-corrected chi connectivity index (χ2v) is 4.04. The van der Waals surface area contributed by atoms with Crippen molar-refractivity contribution in [2.45, 2.75) is 38.5 Å². The first-order chi connectivity index (χ1) is 7.52. The van der Waals surface area contributed by atoms with Gasteiger partial charge in [-0.05, 0) is 12.3 Å². The van der Waals surface area contributed by atoms with Gasteiger partial charge in [0, 0.05) is 13.1 Å². The molecule has 0 atom stereocenters. The summed E-state index contributed by atoms with van der Waals surface area (Å²) in [6.45, 7) is 0.0325. The van der Waals surface area contributed by atoms with Gasteiger partial charge in [-0.15, -0.1) is 5.10 Å². The monoisotopic (exact) mass is 234 g/mol. The fourth-order valence-electron chi connectivity index (χ4n) is 1.66. The predicted octanol–water partition coefficient (Wildman–Crippen LogP) is 1.56. The van der Waals surface area contributed by atoms with Crippen LogP contribution in [0.25, 0.3) is 0 Å². The van der Waals surface area contributed by atoms with E-state index >= 15 is 0 Å². The Morgan fingerprint density at radius 2 is 2.06 bits per heavy atom. The van der Waals surface area contributed by atoms with E-state index in [1.165, 1.54) is 0 Å². The van der Waals surface area contributed by atoms with Gasteiger partial charge in [0.1, 0.15) is 5.69 Å². The van der Waals surface area contributed by atoms with Crippen LogP contribution in [0.3, 0.4) is 0 Å². The molecule has 0 spiro atoms. The summed E-state index contributed by atoms with van der Waals surface area (Å²) in [6.07, 6.45) is -1.47. The molecular formula is C9H13F3N4. The number of alkyl halides is 3. The van der Waals surface area contributed by atoms with Gasteiger partial charge in [0.2, 0.25) is 0 Å². The van der Waals surface area contributed by atoms with E-state index in [4.69, 9.17) is 5.73 Å². The molecule has 1 aliphatic rings. The van der Waals surface area contributed by atoms with Crippen molar-refractivity contribution < 1.29 is 13.2 Å². The number of rotatable bonds is 4. The van der Waals surface area contributed by atoms with Gasteiger partial charge in [0.15, 0.2) is 5.69 Å². The Labute approximate surface area is 90.6 Å². The zero-order valence-electron chi connectivity index (χ0n) is 8.67. The van der Waals surface area contributed by atoms with Gasteiger partial charge in [0.05, 0.1) is 0 Å². The highest BCUT2D eigenvalue weighted by molar-refractivity contribution is 5.13. The number of hydrogen-bond acceptors (Lipinski definition) is 3. The molecule has 0 aromatic carbocycles. The van der Waals surface area contributed by atoms with E-state index in [1.807, 2.05) is 0 Å². The zero-order chi connectivity index (χ0) is 11.8. The van der Waals surface area contributed by atoms with Gasteiger partial charge >= 0.3 is 6.18 Å². The first kappa shape index (κ1) is 11.4. The third-order valence-corrected chi connectivity index (χ3v) is 2.71. The number of halogens is 3. The Hall–Kier alpha value is -1.11. The molecule has 0 aliphatic heterocycles. The Kier molecular flexibility index (Phi) is 2.88. The van der Waals surface area contributed by atoms with Crippen molar-refractivity contribution in [2.75, 3.05) is 0 Å².